The smallest absolute Gasteiger partial charge is 0.191 e. The van der Waals surface area contributed by atoms with Crippen LogP contribution in [0.3, 0.4) is 0 Å². The Labute approximate surface area is 168 Å². The minimum Gasteiger partial charge on any atom is -0.495 e. The summed E-state index contributed by atoms with van der Waals surface area (Å²) in [6, 6.07) is 8.22. The first-order valence-electron chi connectivity index (χ1n) is 8.68. The molecule has 1 atom stereocenters. The van der Waals surface area contributed by atoms with E-state index < -0.39 is 0 Å². The molecular formula is C18H31IN4O2. The molecule has 1 saturated heterocycles. The monoisotopic (exact) mass is 462 g/mol. The lowest BCUT2D eigenvalue weighted by molar-refractivity contribution is 0.152. The number of hydrogen-bond donors (Lipinski definition) is 2. The molecule has 6 nitrogen and oxygen atoms in total. The number of methoxy groups -OCH3 is 1. The van der Waals surface area contributed by atoms with Gasteiger partial charge in [0.1, 0.15) is 5.75 Å². The van der Waals surface area contributed by atoms with E-state index in [4.69, 9.17) is 9.47 Å². The lowest BCUT2D eigenvalue weighted by Gasteiger charge is -2.21. The Kier molecular flexibility index (Phi) is 10.6. The van der Waals surface area contributed by atoms with Gasteiger partial charge in [-0.25, -0.2) is 0 Å². The molecule has 0 aromatic heterocycles. The summed E-state index contributed by atoms with van der Waals surface area (Å²) in [5.74, 6) is 2.38. The van der Waals surface area contributed by atoms with E-state index in [0.29, 0.717) is 12.5 Å². The van der Waals surface area contributed by atoms with Gasteiger partial charge in [-0.3, -0.25) is 4.99 Å². The van der Waals surface area contributed by atoms with Gasteiger partial charge >= 0.3 is 0 Å². The minimum absolute atomic E-state index is 0. The second-order valence-electron chi connectivity index (χ2n) is 5.85. The van der Waals surface area contributed by atoms with E-state index in [0.717, 1.165) is 44.5 Å². The van der Waals surface area contributed by atoms with Crippen LogP contribution in [-0.4, -0.2) is 59.5 Å². The minimum atomic E-state index is 0. The first-order chi connectivity index (χ1) is 11.8. The first-order valence-corrected chi connectivity index (χ1v) is 8.68. The average Bonchev–Trinajstić information content (AvgIpc) is 3.10. The Hall–Kier alpha value is -1.22. The molecule has 1 aliphatic rings. The molecule has 7 heteroatoms. The van der Waals surface area contributed by atoms with Gasteiger partial charge in [-0.05, 0) is 31.4 Å². The van der Waals surface area contributed by atoms with Crippen molar-refractivity contribution in [2.24, 2.45) is 10.9 Å². The molecule has 1 unspecified atom stereocenters. The molecule has 0 bridgehead atoms. The number of nitrogens with zero attached hydrogens (tertiary/aromatic N) is 2. The largest absolute Gasteiger partial charge is 0.495 e. The number of anilines is 1. The van der Waals surface area contributed by atoms with Gasteiger partial charge < -0.3 is 25.0 Å². The van der Waals surface area contributed by atoms with Crippen molar-refractivity contribution in [2.45, 2.75) is 13.3 Å². The molecule has 0 saturated carbocycles. The second kappa shape index (κ2) is 12.2. The number of benzene rings is 1. The summed E-state index contributed by atoms with van der Waals surface area (Å²) < 4.78 is 10.8. The summed E-state index contributed by atoms with van der Waals surface area (Å²) in [7, 11) is 3.53. The molecule has 142 valence electrons. The number of nitrogens with one attached hydrogen (secondary N) is 2. The molecule has 1 aromatic rings. The quantitative estimate of drug-likeness (QED) is 0.269. The van der Waals surface area contributed by atoms with Crippen LogP contribution in [0.25, 0.3) is 0 Å². The molecule has 0 aliphatic carbocycles. The Balaban J connectivity index is 0.00000312. The molecule has 1 fully saturated rings. The maximum absolute atomic E-state index is 5.47. The Morgan fingerprint density at radius 1 is 1.32 bits per heavy atom. The van der Waals surface area contributed by atoms with Crippen molar-refractivity contribution in [3.05, 3.63) is 24.3 Å². The lowest BCUT2D eigenvalue weighted by Crippen LogP contribution is -2.41. The number of guanidine groups is 1. The van der Waals surface area contributed by atoms with Crippen molar-refractivity contribution >= 4 is 35.6 Å². The van der Waals surface area contributed by atoms with Gasteiger partial charge in [-0.2, -0.15) is 0 Å². The van der Waals surface area contributed by atoms with Gasteiger partial charge in [0, 0.05) is 39.8 Å². The summed E-state index contributed by atoms with van der Waals surface area (Å²) in [6.07, 6.45) is 1.17. The standard InChI is InChI=1S/C18H30N4O2.HI/c1-4-24-12-10-20-18(19-2)21-13-15-9-11-22(14-15)16-7-5-6-8-17(16)23-3;/h5-8,15H,4,9-14H2,1-3H3,(H2,19,20,21);1H. The zero-order valence-electron chi connectivity index (χ0n) is 15.5. The maximum Gasteiger partial charge on any atom is 0.191 e. The van der Waals surface area contributed by atoms with E-state index in [1.54, 1.807) is 14.2 Å². The predicted molar refractivity (Wildman–Crippen MR) is 115 cm³/mol. The third kappa shape index (κ3) is 6.89. The number of aliphatic imine (C=N–C) groups is 1. The third-order valence-corrected chi connectivity index (χ3v) is 4.24. The predicted octanol–water partition coefficient (Wildman–Crippen LogP) is 2.34. The normalized spacial score (nSPS) is 17.2. The van der Waals surface area contributed by atoms with Crippen LogP contribution in [0.15, 0.2) is 29.3 Å². The van der Waals surface area contributed by atoms with Crippen molar-refractivity contribution in [2.75, 3.05) is 58.5 Å². The highest BCUT2D eigenvalue weighted by molar-refractivity contribution is 14.0. The van der Waals surface area contributed by atoms with E-state index in [2.05, 4.69) is 32.7 Å². The summed E-state index contributed by atoms with van der Waals surface area (Å²) in [4.78, 5) is 6.66. The number of ether oxygens (including phenoxy) is 2. The molecular weight excluding hydrogens is 431 g/mol. The SMILES string of the molecule is CCOCCNC(=NC)NCC1CCN(c2ccccc2OC)C1.I. The molecule has 0 amide bonds. The summed E-state index contributed by atoms with van der Waals surface area (Å²) in [5, 5.41) is 6.68. The van der Waals surface area contributed by atoms with E-state index in [1.807, 2.05) is 19.1 Å². The molecule has 1 heterocycles. The van der Waals surface area contributed by atoms with Crippen molar-refractivity contribution in [1.82, 2.24) is 10.6 Å². The lowest BCUT2D eigenvalue weighted by atomic mass is 10.1. The van der Waals surface area contributed by atoms with Gasteiger partial charge in [0.25, 0.3) is 0 Å². The molecule has 25 heavy (non-hydrogen) atoms. The fourth-order valence-electron chi connectivity index (χ4n) is 2.96. The highest BCUT2D eigenvalue weighted by Crippen LogP contribution is 2.31. The van der Waals surface area contributed by atoms with Gasteiger partial charge in [0.15, 0.2) is 5.96 Å². The summed E-state index contributed by atoms with van der Waals surface area (Å²) >= 11 is 0. The number of hydrogen-bond acceptors (Lipinski definition) is 4. The van der Waals surface area contributed by atoms with Crippen LogP contribution in [0.1, 0.15) is 13.3 Å². The van der Waals surface area contributed by atoms with E-state index >= 15 is 0 Å². The molecule has 1 aromatic carbocycles. The van der Waals surface area contributed by atoms with Crippen molar-refractivity contribution in [3.63, 3.8) is 0 Å². The fourth-order valence-corrected chi connectivity index (χ4v) is 2.96. The van der Waals surface area contributed by atoms with Crippen LogP contribution in [0, 0.1) is 5.92 Å². The van der Waals surface area contributed by atoms with Crippen molar-refractivity contribution in [1.29, 1.82) is 0 Å². The molecule has 2 rings (SSSR count). The Morgan fingerprint density at radius 3 is 2.84 bits per heavy atom. The highest BCUT2D eigenvalue weighted by atomic mass is 127. The second-order valence-corrected chi connectivity index (χ2v) is 5.85. The Morgan fingerprint density at radius 2 is 2.12 bits per heavy atom. The van der Waals surface area contributed by atoms with Crippen LogP contribution in [0.4, 0.5) is 5.69 Å². The van der Waals surface area contributed by atoms with E-state index in [-0.39, 0.29) is 24.0 Å². The van der Waals surface area contributed by atoms with Gasteiger partial charge in [0.2, 0.25) is 0 Å². The van der Waals surface area contributed by atoms with Gasteiger partial charge in [-0.15, -0.1) is 24.0 Å². The molecule has 2 N–H and O–H groups in total. The van der Waals surface area contributed by atoms with Crippen LogP contribution in [-0.2, 0) is 4.74 Å². The summed E-state index contributed by atoms with van der Waals surface area (Å²) in [5.41, 5.74) is 1.18. The van der Waals surface area contributed by atoms with Crippen LogP contribution in [0.2, 0.25) is 0 Å². The first kappa shape index (κ1) is 21.8. The van der Waals surface area contributed by atoms with Gasteiger partial charge in [0.05, 0.1) is 19.4 Å². The zero-order chi connectivity index (χ0) is 17.2. The number of para-hydroxylation sites is 2. The van der Waals surface area contributed by atoms with Gasteiger partial charge in [-0.1, -0.05) is 12.1 Å². The third-order valence-electron chi connectivity index (χ3n) is 4.24. The number of rotatable bonds is 8. The van der Waals surface area contributed by atoms with Crippen LogP contribution >= 0.6 is 24.0 Å². The molecule has 0 radical (unpaired) electrons. The van der Waals surface area contributed by atoms with Crippen molar-refractivity contribution in [3.8, 4) is 5.75 Å². The van der Waals surface area contributed by atoms with Crippen molar-refractivity contribution < 1.29 is 9.47 Å². The zero-order valence-corrected chi connectivity index (χ0v) is 17.8. The molecule has 1 aliphatic heterocycles. The molecule has 0 spiro atoms. The Bertz CT molecular complexity index is 528. The highest BCUT2D eigenvalue weighted by Gasteiger charge is 2.24. The average molecular weight is 462 g/mol. The number of halogens is 1. The topological polar surface area (TPSA) is 58.1 Å². The fraction of sp³-hybridized carbons (Fsp3) is 0.611. The van der Waals surface area contributed by atoms with E-state index in [9.17, 15) is 0 Å². The van der Waals surface area contributed by atoms with Crippen LogP contribution < -0.4 is 20.3 Å². The van der Waals surface area contributed by atoms with Crippen LogP contribution in [0.5, 0.6) is 5.75 Å². The summed E-state index contributed by atoms with van der Waals surface area (Å²) in [6.45, 7) is 7.22. The maximum atomic E-state index is 5.47. The van der Waals surface area contributed by atoms with E-state index in [1.165, 1.54) is 12.1 Å².